The molecule has 168 valence electrons. The number of carbonyl (C=O) groups is 1. The molecular weight excluding hydrogens is 394 g/mol. The lowest BCUT2D eigenvalue weighted by atomic mass is 9.91. The van der Waals surface area contributed by atoms with Crippen LogP contribution in [0.25, 0.3) is 0 Å². The minimum atomic E-state index is -0.212. The highest BCUT2D eigenvalue weighted by molar-refractivity contribution is 6.08. The highest BCUT2D eigenvalue weighted by Gasteiger charge is 2.35. The molecule has 3 aromatic carbocycles. The molecule has 0 spiro atoms. The average molecular weight is 430 g/mol. The topological polar surface area (TPSA) is 29.5 Å². The van der Waals surface area contributed by atoms with E-state index in [2.05, 4.69) is 70.9 Å². The molecule has 0 aliphatic carbocycles. The number of carbonyl (C=O) groups excluding carboxylic acids is 1. The number of nitrogens with zero attached hydrogens (tertiary/aromatic N) is 1. The molecule has 3 rings (SSSR count). The van der Waals surface area contributed by atoms with Crippen molar-refractivity contribution < 1.29 is 9.63 Å². The van der Waals surface area contributed by atoms with E-state index in [1.54, 1.807) is 0 Å². The SMILES string of the molecule is CC(ON(C(c1ccc(C(=O)c2ccccc2)cc1)C(C)C)C(C)(C)C)c1ccccc1. The Labute approximate surface area is 193 Å². The van der Waals surface area contributed by atoms with Gasteiger partial charge in [0.05, 0.1) is 6.04 Å². The Morgan fingerprint density at radius 1 is 0.719 bits per heavy atom. The van der Waals surface area contributed by atoms with Crippen LogP contribution in [0.4, 0.5) is 0 Å². The van der Waals surface area contributed by atoms with Gasteiger partial charge in [0.15, 0.2) is 5.78 Å². The van der Waals surface area contributed by atoms with Crippen LogP contribution in [0.3, 0.4) is 0 Å². The Balaban J connectivity index is 1.89. The van der Waals surface area contributed by atoms with E-state index in [4.69, 9.17) is 4.84 Å². The van der Waals surface area contributed by atoms with Crippen LogP contribution in [0.5, 0.6) is 0 Å². The maximum atomic E-state index is 12.8. The lowest BCUT2D eigenvalue weighted by Crippen LogP contribution is -2.46. The van der Waals surface area contributed by atoms with Gasteiger partial charge in [-0.15, -0.1) is 0 Å². The van der Waals surface area contributed by atoms with Gasteiger partial charge >= 0.3 is 0 Å². The molecule has 0 aliphatic rings. The molecule has 2 atom stereocenters. The number of hydrogen-bond donors (Lipinski definition) is 0. The second-order valence-electron chi connectivity index (χ2n) is 9.66. The molecule has 0 saturated carbocycles. The van der Waals surface area contributed by atoms with Crippen LogP contribution < -0.4 is 0 Å². The van der Waals surface area contributed by atoms with Crippen molar-refractivity contribution in [2.24, 2.45) is 5.92 Å². The predicted molar refractivity (Wildman–Crippen MR) is 131 cm³/mol. The normalized spacial score (nSPS) is 13.9. The average Bonchev–Trinajstić information content (AvgIpc) is 2.79. The van der Waals surface area contributed by atoms with Crippen LogP contribution >= 0.6 is 0 Å². The van der Waals surface area contributed by atoms with Crippen LogP contribution in [0, 0.1) is 5.92 Å². The number of benzene rings is 3. The van der Waals surface area contributed by atoms with Crippen molar-refractivity contribution in [1.82, 2.24) is 5.06 Å². The molecule has 0 aromatic heterocycles. The summed E-state index contributed by atoms with van der Waals surface area (Å²) in [6.45, 7) is 13.0. The van der Waals surface area contributed by atoms with Gasteiger partial charge in [-0.2, -0.15) is 5.06 Å². The summed E-state index contributed by atoms with van der Waals surface area (Å²) in [5.41, 5.74) is 3.48. The molecule has 0 N–H and O–H groups in total. The molecule has 0 amide bonds. The fourth-order valence-electron chi connectivity index (χ4n) is 3.98. The maximum Gasteiger partial charge on any atom is 0.193 e. The van der Waals surface area contributed by atoms with Gasteiger partial charge in [-0.05, 0) is 44.7 Å². The molecule has 0 bridgehead atoms. The number of ketones is 1. The van der Waals surface area contributed by atoms with E-state index in [-0.39, 0.29) is 23.5 Å². The Hall–Kier alpha value is -2.75. The van der Waals surface area contributed by atoms with Crippen molar-refractivity contribution in [3.63, 3.8) is 0 Å². The van der Waals surface area contributed by atoms with Crippen molar-refractivity contribution >= 4 is 5.78 Å². The zero-order valence-corrected chi connectivity index (χ0v) is 20.1. The molecule has 3 nitrogen and oxygen atoms in total. The van der Waals surface area contributed by atoms with Crippen molar-refractivity contribution in [3.05, 3.63) is 107 Å². The Morgan fingerprint density at radius 3 is 1.72 bits per heavy atom. The summed E-state index contributed by atoms with van der Waals surface area (Å²) >= 11 is 0. The third-order valence-corrected chi connectivity index (χ3v) is 5.64. The highest BCUT2D eigenvalue weighted by Crippen LogP contribution is 2.37. The third kappa shape index (κ3) is 5.73. The zero-order valence-electron chi connectivity index (χ0n) is 20.1. The number of hydroxylamine groups is 2. The van der Waals surface area contributed by atoms with Crippen LogP contribution in [0.15, 0.2) is 84.9 Å². The Morgan fingerprint density at radius 2 is 1.22 bits per heavy atom. The van der Waals surface area contributed by atoms with Gasteiger partial charge in [-0.1, -0.05) is 98.8 Å². The summed E-state index contributed by atoms with van der Waals surface area (Å²) in [5, 5.41) is 2.13. The predicted octanol–water partition coefficient (Wildman–Crippen LogP) is 7.41. The molecule has 3 aromatic rings. The van der Waals surface area contributed by atoms with Gasteiger partial charge < -0.3 is 0 Å². The molecular formula is C29H35NO2. The van der Waals surface area contributed by atoms with Crippen LogP contribution in [-0.2, 0) is 4.84 Å². The summed E-state index contributed by atoms with van der Waals surface area (Å²) in [6.07, 6.45) is -0.0735. The lowest BCUT2D eigenvalue weighted by molar-refractivity contribution is -0.272. The first-order valence-corrected chi connectivity index (χ1v) is 11.4. The fourth-order valence-corrected chi connectivity index (χ4v) is 3.98. The van der Waals surface area contributed by atoms with Crippen LogP contribution in [0.1, 0.15) is 80.7 Å². The Kier molecular flexibility index (Phi) is 7.65. The van der Waals surface area contributed by atoms with Gasteiger partial charge in [0.2, 0.25) is 0 Å². The summed E-state index contributed by atoms with van der Waals surface area (Å²) in [7, 11) is 0. The zero-order chi connectivity index (χ0) is 23.3. The van der Waals surface area contributed by atoms with E-state index >= 15 is 0 Å². The van der Waals surface area contributed by atoms with E-state index in [1.165, 1.54) is 0 Å². The quantitative estimate of drug-likeness (QED) is 0.276. The lowest BCUT2D eigenvalue weighted by Gasteiger charge is -2.44. The fraction of sp³-hybridized carbons (Fsp3) is 0.345. The maximum absolute atomic E-state index is 12.8. The van der Waals surface area contributed by atoms with Gasteiger partial charge in [0, 0.05) is 16.7 Å². The number of hydrogen-bond acceptors (Lipinski definition) is 3. The monoisotopic (exact) mass is 429 g/mol. The van der Waals surface area contributed by atoms with Gasteiger partial charge in [0.1, 0.15) is 6.10 Å². The van der Waals surface area contributed by atoms with E-state index in [1.807, 2.05) is 60.7 Å². The highest BCUT2D eigenvalue weighted by atomic mass is 16.7. The van der Waals surface area contributed by atoms with E-state index in [9.17, 15) is 4.79 Å². The van der Waals surface area contributed by atoms with E-state index in [0.29, 0.717) is 17.0 Å². The molecule has 0 fully saturated rings. The first kappa shape index (κ1) is 23.9. The summed E-state index contributed by atoms with van der Waals surface area (Å²) in [5.74, 6) is 0.354. The van der Waals surface area contributed by atoms with Crippen molar-refractivity contribution in [2.45, 2.75) is 59.2 Å². The van der Waals surface area contributed by atoms with E-state index < -0.39 is 0 Å². The van der Waals surface area contributed by atoms with Crippen LogP contribution in [0.2, 0.25) is 0 Å². The van der Waals surface area contributed by atoms with Crippen molar-refractivity contribution in [3.8, 4) is 0 Å². The molecule has 0 aliphatic heterocycles. The molecule has 0 saturated heterocycles. The minimum Gasteiger partial charge on any atom is -0.290 e. The Bertz CT molecular complexity index is 989. The number of rotatable bonds is 8. The summed E-state index contributed by atoms with van der Waals surface area (Å²) in [6, 6.07) is 27.7. The second kappa shape index (κ2) is 10.2. The first-order chi connectivity index (χ1) is 15.2. The van der Waals surface area contributed by atoms with Gasteiger partial charge in [0.25, 0.3) is 0 Å². The first-order valence-electron chi connectivity index (χ1n) is 11.4. The third-order valence-electron chi connectivity index (χ3n) is 5.64. The second-order valence-corrected chi connectivity index (χ2v) is 9.66. The molecule has 32 heavy (non-hydrogen) atoms. The van der Waals surface area contributed by atoms with Crippen molar-refractivity contribution in [1.29, 1.82) is 0 Å². The van der Waals surface area contributed by atoms with Gasteiger partial charge in [-0.3, -0.25) is 9.63 Å². The molecule has 2 unspecified atom stereocenters. The van der Waals surface area contributed by atoms with Gasteiger partial charge in [-0.25, -0.2) is 0 Å². The molecule has 3 heteroatoms. The molecule has 0 radical (unpaired) electrons. The van der Waals surface area contributed by atoms with E-state index in [0.717, 1.165) is 11.1 Å². The minimum absolute atomic E-state index is 0.0416. The van der Waals surface area contributed by atoms with Crippen molar-refractivity contribution in [2.75, 3.05) is 0 Å². The molecule has 0 heterocycles. The standard InChI is InChI=1S/C29H35NO2/c1-21(2)27(30(29(4,5)6)32-22(3)23-13-9-7-10-14-23)24-17-19-26(20-18-24)28(31)25-15-11-8-12-16-25/h7-22,27H,1-6H3. The summed E-state index contributed by atoms with van der Waals surface area (Å²) < 4.78 is 0. The largest absolute Gasteiger partial charge is 0.290 e. The smallest absolute Gasteiger partial charge is 0.193 e. The summed E-state index contributed by atoms with van der Waals surface area (Å²) in [4.78, 5) is 19.4. The van der Waals surface area contributed by atoms with Crippen LogP contribution in [-0.4, -0.2) is 16.4 Å².